The summed E-state index contributed by atoms with van der Waals surface area (Å²) in [6.45, 7) is 2.12. The van der Waals surface area contributed by atoms with Crippen LogP contribution in [0.5, 0.6) is 0 Å². The maximum atomic E-state index is 13.9. The SMILES string of the molecule is COCN(C(=O)CCCN1CCC(c2ccccn2)CC1)C1=C(C(=O)O)C(c2ccc(F)c(F)c2)NC(=O)N1. The average molecular weight is 544 g/mol. The summed E-state index contributed by atoms with van der Waals surface area (Å²) in [5.74, 6) is -4.06. The number of ether oxygens (including phenoxy) is 1. The molecule has 0 aliphatic carbocycles. The molecule has 1 fully saturated rings. The van der Waals surface area contributed by atoms with E-state index in [1.807, 2.05) is 18.2 Å². The summed E-state index contributed by atoms with van der Waals surface area (Å²) in [5.41, 5.74) is 0.705. The Morgan fingerprint density at radius 1 is 1.18 bits per heavy atom. The van der Waals surface area contributed by atoms with E-state index in [0.717, 1.165) is 48.7 Å². The largest absolute Gasteiger partial charge is 0.478 e. The minimum atomic E-state index is -1.45. The van der Waals surface area contributed by atoms with Crippen LogP contribution in [-0.4, -0.2) is 71.3 Å². The van der Waals surface area contributed by atoms with Gasteiger partial charge in [-0.05, 0) is 68.7 Å². The lowest BCUT2D eigenvalue weighted by molar-refractivity contribution is -0.135. The van der Waals surface area contributed by atoms with Crippen LogP contribution in [0.1, 0.15) is 48.9 Å². The number of rotatable bonds is 10. The summed E-state index contributed by atoms with van der Waals surface area (Å²) in [6.07, 6.45) is 4.34. The van der Waals surface area contributed by atoms with Crippen molar-refractivity contribution >= 4 is 17.9 Å². The van der Waals surface area contributed by atoms with Gasteiger partial charge in [0.2, 0.25) is 5.91 Å². The van der Waals surface area contributed by atoms with Gasteiger partial charge >= 0.3 is 12.0 Å². The number of methoxy groups -OCH3 is 1. The number of carbonyl (C=O) groups excluding carboxylic acids is 2. The Labute approximate surface area is 224 Å². The van der Waals surface area contributed by atoms with E-state index in [0.29, 0.717) is 18.9 Å². The van der Waals surface area contributed by atoms with Gasteiger partial charge in [-0.1, -0.05) is 12.1 Å². The molecule has 0 spiro atoms. The Morgan fingerprint density at radius 2 is 1.95 bits per heavy atom. The smallest absolute Gasteiger partial charge is 0.337 e. The molecule has 3 heterocycles. The Balaban J connectivity index is 1.44. The molecule has 10 nitrogen and oxygen atoms in total. The summed E-state index contributed by atoms with van der Waals surface area (Å²) < 4.78 is 32.5. The Hall–Kier alpha value is -3.90. The lowest BCUT2D eigenvalue weighted by atomic mass is 9.93. The quantitative estimate of drug-likeness (QED) is 0.394. The van der Waals surface area contributed by atoms with E-state index in [1.165, 1.54) is 13.2 Å². The summed E-state index contributed by atoms with van der Waals surface area (Å²) in [4.78, 5) is 45.8. The molecule has 39 heavy (non-hydrogen) atoms. The normalized spacial score (nSPS) is 18.4. The predicted octanol–water partition coefficient (Wildman–Crippen LogP) is 3.10. The number of carboxylic acids is 1. The monoisotopic (exact) mass is 543 g/mol. The van der Waals surface area contributed by atoms with Crippen LogP contribution in [0.25, 0.3) is 0 Å². The second-order valence-corrected chi connectivity index (χ2v) is 9.49. The molecule has 4 rings (SSSR count). The fourth-order valence-electron chi connectivity index (χ4n) is 4.98. The van der Waals surface area contributed by atoms with E-state index in [-0.39, 0.29) is 24.5 Å². The number of aromatic nitrogens is 1. The maximum absolute atomic E-state index is 13.9. The van der Waals surface area contributed by atoms with Gasteiger partial charge in [-0.25, -0.2) is 18.4 Å². The van der Waals surface area contributed by atoms with E-state index in [4.69, 9.17) is 4.74 Å². The van der Waals surface area contributed by atoms with Gasteiger partial charge in [0.15, 0.2) is 11.6 Å². The number of aliphatic carboxylic acids is 1. The lowest BCUT2D eigenvalue weighted by Crippen LogP contribution is -2.51. The van der Waals surface area contributed by atoms with E-state index in [1.54, 1.807) is 6.20 Å². The molecule has 0 bridgehead atoms. The molecule has 208 valence electrons. The molecule has 2 aromatic rings. The third-order valence-corrected chi connectivity index (χ3v) is 6.95. The number of halogens is 2. The van der Waals surface area contributed by atoms with E-state index >= 15 is 0 Å². The summed E-state index contributed by atoms with van der Waals surface area (Å²) in [5, 5.41) is 14.8. The first kappa shape index (κ1) is 28.1. The van der Waals surface area contributed by atoms with Crippen LogP contribution < -0.4 is 10.6 Å². The summed E-state index contributed by atoms with van der Waals surface area (Å²) in [7, 11) is 1.34. The van der Waals surface area contributed by atoms with Gasteiger partial charge < -0.3 is 20.1 Å². The van der Waals surface area contributed by atoms with Crippen molar-refractivity contribution in [1.29, 1.82) is 0 Å². The molecule has 3 N–H and O–H groups in total. The molecule has 1 saturated heterocycles. The van der Waals surface area contributed by atoms with Gasteiger partial charge in [-0.3, -0.25) is 20.0 Å². The molecule has 1 atom stereocenters. The number of hydrogen-bond acceptors (Lipinski definition) is 6. The number of piperidine rings is 1. The molecule has 1 aromatic carbocycles. The zero-order valence-electron chi connectivity index (χ0n) is 21.5. The van der Waals surface area contributed by atoms with Crippen LogP contribution in [0.15, 0.2) is 54.0 Å². The van der Waals surface area contributed by atoms with Gasteiger partial charge in [0.1, 0.15) is 18.1 Å². The zero-order valence-corrected chi connectivity index (χ0v) is 21.5. The third kappa shape index (κ3) is 6.76. The van der Waals surface area contributed by atoms with E-state index in [2.05, 4.69) is 20.5 Å². The fraction of sp³-hybridized carbons (Fsp3) is 0.407. The Kier molecular flexibility index (Phi) is 9.20. The molecule has 0 radical (unpaired) electrons. The third-order valence-electron chi connectivity index (χ3n) is 6.95. The first-order valence-electron chi connectivity index (χ1n) is 12.7. The number of urea groups is 1. The first-order valence-corrected chi connectivity index (χ1v) is 12.7. The second-order valence-electron chi connectivity index (χ2n) is 9.49. The van der Waals surface area contributed by atoms with Gasteiger partial charge in [0.25, 0.3) is 0 Å². The van der Waals surface area contributed by atoms with Crippen molar-refractivity contribution in [1.82, 2.24) is 25.4 Å². The lowest BCUT2D eigenvalue weighted by Gasteiger charge is -2.34. The number of hydrogen-bond donors (Lipinski definition) is 3. The molecule has 2 aliphatic heterocycles. The first-order chi connectivity index (χ1) is 18.8. The summed E-state index contributed by atoms with van der Waals surface area (Å²) >= 11 is 0. The van der Waals surface area contributed by atoms with E-state index < -0.39 is 41.2 Å². The Morgan fingerprint density at radius 3 is 2.59 bits per heavy atom. The van der Waals surface area contributed by atoms with Crippen molar-refractivity contribution in [2.45, 2.75) is 37.6 Å². The number of nitrogens with one attached hydrogen (secondary N) is 2. The molecular formula is C27H31F2N5O5. The highest BCUT2D eigenvalue weighted by molar-refractivity contribution is 5.95. The number of pyridine rings is 1. The predicted molar refractivity (Wildman–Crippen MR) is 136 cm³/mol. The molecule has 12 heteroatoms. The van der Waals surface area contributed by atoms with Crippen molar-refractivity contribution in [3.05, 3.63) is 76.9 Å². The molecule has 1 unspecified atom stereocenters. The number of carbonyl (C=O) groups is 3. The van der Waals surface area contributed by atoms with Gasteiger partial charge in [0.05, 0.1) is 6.04 Å². The topological polar surface area (TPSA) is 124 Å². The molecule has 2 aliphatic rings. The van der Waals surface area contributed by atoms with Crippen molar-refractivity contribution in [3.63, 3.8) is 0 Å². The number of nitrogens with zero attached hydrogens (tertiary/aromatic N) is 3. The van der Waals surface area contributed by atoms with Crippen LogP contribution in [0, 0.1) is 11.6 Å². The molecule has 3 amide bonds. The number of amides is 3. The van der Waals surface area contributed by atoms with Gasteiger partial charge in [-0.2, -0.15) is 0 Å². The average Bonchev–Trinajstić information content (AvgIpc) is 2.93. The van der Waals surface area contributed by atoms with Crippen molar-refractivity contribution in [3.8, 4) is 0 Å². The highest BCUT2D eigenvalue weighted by Crippen LogP contribution is 2.30. The van der Waals surface area contributed by atoms with Crippen molar-refractivity contribution in [2.75, 3.05) is 33.5 Å². The van der Waals surface area contributed by atoms with Crippen LogP contribution in [0.4, 0.5) is 13.6 Å². The minimum Gasteiger partial charge on any atom is -0.478 e. The maximum Gasteiger partial charge on any atom is 0.337 e. The van der Waals surface area contributed by atoms with Crippen LogP contribution in [-0.2, 0) is 14.3 Å². The number of likely N-dealkylation sites (tertiary alicyclic amines) is 1. The number of carboxylic acid groups (broad SMARTS) is 1. The highest BCUT2D eigenvalue weighted by Gasteiger charge is 2.37. The highest BCUT2D eigenvalue weighted by atomic mass is 19.2. The van der Waals surface area contributed by atoms with Gasteiger partial charge in [0, 0.05) is 31.3 Å². The standard InChI is InChI=1S/C27H31F2N5O5/c1-39-16-34(22(35)6-4-12-33-13-9-17(10-14-33)21-5-2-3-11-30-21)25-23(26(36)37)24(31-27(38)32-25)18-7-8-19(28)20(29)15-18/h2-3,5,7-8,11,15,17,24H,4,6,9-10,12-14,16H2,1H3,(H,36,37)(H2,31,32,38). The minimum absolute atomic E-state index is 0.0116. The zero-order chi connectivity index (χ0) is 27.9. The molecule has 1 aromatic heterocycles. The van der Waals surface area contributed by atoms with Crippen LogP contribution in [0.3, 0.4) is 0 Å². The van der Waals surface area contributed by atoms with Crippen LogP contribution in [0.2, 0.25) is 0 Å². The second kappa shape index (κ2) is 12.8. The van der Waals surface area contributed by atoms with Crippen LogP contribution >= 0.6 is 0 Å². The van der Waals surface area contributed by atoms with Crippen molar-refractivity contribution in [2.24, 2.45) is 0 Å². The fourth-order valence-corrected chi connectivity index (χ4v) is 4.98. The Bertz CT molecular complexity index is 1230. The number of benzene rings is 1. The van der Waals surface area contributed by atoms with Gasteiger partial charge in [-0.15, -0.1) is 0 Å². The van der Waals surface area contributed by atoms with E-state index in [9.17, 15) is 28.3 Å². The molecule has 0 saturated carbocycles. The van der Waals surface area contributed by atoms with Crippen molar-refractivity contribution < 1.29 is 33.0 Å². The summed E-state index contributed by atoms with van der Waals surface area (Å²) in [6, 6.07) is 6.64. The molecular weight excluding hydrogens is 512 g/mol.